The number of nitrogens with one attached hydrogen (secondary N) is 1. The van der Waals surface area contributed by atoms with Crippen LogP contribution in [-0.4, -0.2) is 55.5 Å². The van der Waals surface area contributed by atoms with Crippen LogP contribution >= 0.6 is 0 Å². The molecule has 3 heterocycles. The molecule has 2 saturated heterocycles. The van der Waals surface area contributed by atoms with E-state index in [1.807, 2.05) is 18.2 Å². The molecule has 1 amide bonds. The van der Waals surface area contributed by atoms with Gasteiger partial charge in [-0.15, -0.1) is 0 Å². The molecule has 2 N–H and O–H groups in total. The number of aliphatic hydroxyl groups is 1. The van der Waals surface area contributed by atoms with Gasteiger partial charge < -0.3 is 20.1 Å². The molecule has 0 radical (unpaired) electrons. The summed E-state index contributed by atoms with van der Waals surface area (Å²) in [7, 11) is 0. The van der Waals surface area contributed by atoms with Crippen molar-refractivity contribution in [2.45, 2.75) is 19.8 Å². The maximum atomic E-state index is 12.7. The summed E-state index contributed by atoms with van der Waals surface area (Å²) < 4.78 is 5.38. The first-order chi connectivity index (χ1) is 11.6. The van der Waals surface area contributed by atoms with Crippen LogP contribution in [0.15, 0.2) is 24.4 Å². The van der Waals surface area contributed by atoms with E-state index in [1.165, 1.54) is 0 Å². The second kappa shape index (κ2) is 7.49. The number of hydrogen-bond donors (Lipinski definition) is 2. The Morgan fingerprint density at radius 1 is 1.42 bits per heavy atom. The van der Waals surface area contributed by atoms with Gasteiger partial charge in [0.25, 0.3) is 0 Å². The number of rotatable bonds is 5. The van der Waals surface area contributed by atoms with Gasteiger partial charge in [-0.25, -0.2) is 4.98 Å². The van der Waals surface area contributed by atoms with Crippen LogP contribution in [0.25, 0.3) is 0 Å². The highest BCUT2D eigenvalue weighted by atomic mass is 16.5. The second-order valence-corrected chi connectivity index (χ2v) is 7.16. The number of ether oxygens (including phenoxy) is 1. The van der Waals surface area contributed by atoms with Gasteiger partial charge in [0, 0.05) is 44.5 Å². The number of carbonyl (C=O) groups is 1. The summed E-state index contributed by atoms with van der Waals surface area (Å²) in [5, 5.41) is 12.8. The zero-order valence-electron chi connectivity index (χ0n) is 14.3. The van der Waals surface area contributed by atoms with Gasteiger partial charge in [0.2, 0.25) is 5.91 Å². The monoisotopic (exact) mass is 333 g/mol. The van der Waals surface area contributed by atoms with Crippen molar-refractivity contribution in [1.29, 1.82) is 0 Å². The Labute approximate surface area is 143 Å². The molecule has 0 aliphatic carbocycles. The summed E-state index contributed by atoms with van der Waals surface area (Å²) in [5.74, 6) is 1.26. The van der Waals surface area contributed by atoms with Crippen LogP contribution < -0.4 is 10.2 Å². The maximum absolute atomic E-state index is 12.7. The molecule has 2 aliphatic heterocycles. The number of aliphatic hydroxyl groups excluding tert-OH is 1. The molecule has 0 spiro atoms. The van der Waals surface area contributed by atoms with Crippen LogP contribution in [0.1, 0.15) is 19.8 Å². The zero-order chi connectivity index (χ0) is 17.0. The Hall–Kier alpha value is -1.66. The Bertz CT molecular complexity index is 546. The fourth-order valence-corrected chi connectivity index (χ4v) is 3.64. The van der Waals surface area contributed by atoms with Crippen molar-refractivity contribution >= 4 is 11.7 Å². The van der Waals surface area contributed by atoms with Gasteiger partial charge in [-0.3, -0.25) is 4.79 Å². The first-order valence-corrected chi connectivity index (χ1v) is 8.76. The number of carbonyl (C=O) groups excluding carboxylic acids is 1. The Kier molecular flexibility index (Phi) is 5.36. The third-order valence-corrected chi connectivity index (χ3v) is 5.45. The summed E-state index contributed by atoms with van der Waals surface area (Å²) >= 11 is 0. The van der Waals surface area contributed by atoms with Gasteiger partial charge >= 0.3 is 0 Å². The van der Waals surface area contributed by atoms with E-state index < -0.39 is 0 Å². The van der Waals surface area contributed by atoms with Gasteiger partial charge in [0.05, 0.1) is 12.5 Å². The van der Waals surface area contributed by atoms with E-state index in [4.69, 9.17) is 4.74 Å². The molecule has 24 heavy (non-hydrogen) atoms. The smallest absolute Gasteiger partial charge is 0.225 e. The molecule has 0 aromatic carbocycles. The molecule has 3 rings (SSSR count). The van der Waals surface area contributed by atoms with Crippen LogP contribution in [-0.2, 0) is 9.53 Å². The highest BCUT2D eigenvalue weighted by Crippen LogP contribution is 2.30. The molecule has 6 heteroatoms. The van der Waals surface area contributed by atoms with E-state index in [9.17, 15) is 9.90 Å². The minimum Gasteiger partial charge on any atom is -0.396 e. The third kappa shape index (κ3) is 3.70. The Balaban J connectivity index is 1.57. The quantitative estimate of drug-likeness (QED) is 0.843. The number of aromatic nitrogens is 1. The average molecular weight is 333 g/mol. The van der Waals surface area contributed by atoms with Crippen molar-refractivity contribution in [3.63, 3.8) is 0 Å². The van der Waals surface area contributed by atoms with Crippen LogP contribution in [0.3, 0.4) is 0 Å². The number of hydrogen-bond acceptors (Lipinski definition) is 5. The van der Waals surface area contributed by atoms with E-state index in [2.05, 4.69) is 22.1 Å². The zero-order valence-corrected chi connectivity index (χ0v) is 14.3. The highest BCUT2D eigenvalue weighted by molar-refractivity contribution is 5.80. The first kappa shape index (κ1) is 17.2. The largest absolute Gasteiger partial charge is 0.396 e. The normalized spacial score (nSPS) is 26.3. The molecule has 0 bridgehead atoms. The number of amides is 1. The van der Waals surface area contributed by atoms with Gasteiger partial charge in [-0.05, 0) is 30.9 Å². The molecule has 0 unspecified atom stereocenters. The van der Waals surface area contributed by atoms with Crippen molar-refractivity contribution in [2.75, 3.05) is 44.4 Å². The molecular formula is C18H27N3O3. The lowest BCUT2D eigenvalue weighted by Gasteiger charge is -2.35. The predicted octanol–water partition coefficient (Wildman–Crippen LogP) is 1.06. The van der Waals surface area contributed by atoms with Gasteiger partial charge in [-0.1, -0.05) is 13.0 Å². The fraction of sp³-hybridized carbons (Fsp3) is 0.667. The standard InChI is InChI=1S/C18H27N3O3/c1-14-10-21(16-4-2-3-7-19-16)11-15(14)17(23)20-12-18(13-22)5-8-24-9-6-18/h2-4,7,14-15,22H,5-6,8-13H2,1H3,(H,20,23)/t14-,15-/m1/s1. The third-order valence-electron chi connectivity index (χ3n) is 5.45. The topological polar surface area (TPSA) is 74.7 Å². The van der Waals surface area contributed by atoms with Crippen LogP contribution in [0.5, 0.6) is 0 Å². The number of nitrogens with zero attached hydrogens (tertiary/aromatic N) is 2. The second-order valence-electron chi connectivity index (χ2n) is 7.16. The van der Waals surface area contributed by atoms with E-state index in [0.29, 0.717) is 26.3 Å². The van der Waals surface area contributed by atoms with Crippen molar-refractivity contribution < 1.29 is 14.6 Å². The highest BCUT2D eigenvalue weighted by Gasteiger charge is 2.37. The SMILES string of the molecule is C[C@@H]1CN(c2ccccn2)C[C@H]1C(=O)NCC1(CO)CCOCC1. The van der Waals surface area contributed by atoms with Crippen LogP contribution in [0.2, 0.25) is 0 Å². The molecule has 6 nitrogen and oxygen atoms in total. The molecule has 2 fully saturated rings. The fourth-order valence-electron chi connectivity index (χ4n) is 3.64. The van der Waals surface area contributed by atoms with Crippen molar-refractivity contribution in [2.24, 2.45) is 17.3 Å². The van der Waals surface area contributed by atoms with Gasteiger partial charge in [0.1, 0.15) is 5.82 Å². The summed E-state index contributed by atoms with van der Waals surface area (Å²) in [5.41, 5.74) is -0.226. The maximum Gasteiger partial charge on any atom is 0.225 e. The van der Waals surface area contributed by atoms with Crippen molar-refractivity contribution in [3.8, 4) is 0 Å². The molecule has 1 aromatic rings. The summed E-state index contributed by atoms with van der Waals surface area (Å²) in [6.45, 7) is 5.58. The molecule has 2 aliphatic rings. The van der Waals surface area contributed by atoms with Gasteiger partial charge in [0.15, 0.2) is 0 Å². The Morgan fingerprint density at radius 2 is 2.21 bits per heavy atom. The molecule has 132 valence electrons. The number of pyridine rings is 1. The predicted molar refractivity (Wildman–Crippen MR) is 91.7 cm³/mol. The first-order valence-electron chi connectivity index (χ1n) is 8.76. The lowest BCUT2D eigenvalue weighted by molar-refractivity contribution is -0.126. The number of anilines is 1. The van der Waals surface area contributed by atoms with Crippen LogP contribution in [0.4, 0.5) is 5.82 Å². The van der Waals surface area contributed by atoms with E-state index in [1.54, 1.807) is 6.20 Å². The van der Waals surface area contributed by atoms with E-state index >= 15 is 0 Å². The minimum absolute atomic E-state index is 0.0393. The van der Waals surface area contributed by atoms with E-state index in [0.717, 1.165) is 25.2 Å². The molecule has 1 aromatic heterocycles. The molecule has 0 saturated carbocycles. The summed E-state index contributed by atoms with van der Waals surface area (Å²) in [4.78, 5) is 19.2. The minimum atomic E-state index is -0.226. The average Bonchev–Trinajstić information content (AvgIpc) is 3.03. The van der Waals surface area contributed by atoms with Crippen molar-refractivity contribution in [1.82, 2.24) is 10.3 Å². The summed E-state index contributed by atoms with van der Waals surface area (Å²) in [6, 6.07) is 5.85. The van der Waals surface area contributed by atoms with Gasteiger partial charge in [-0.2, -0.15) is 0 Å². The molecule has 2 atom stereocenters. The van der Waals surface area contributed by atoms with Crippen LogP contribution in [0, 0.1) is 17.3 Å². The Morgan fingerprint density at radius 3 is 2.88 bits per heavy atom. The van der Waals surface area contributed by atoms with Crippen molar-refractivity contribution in [3.05, 3.63) is 24.4 Å². The van der Waals surface area contributed by atoms with E-state index in [-0.39, 0.29) is 29.8 Å². The molecular weight excluding hydrogens is 306 g/mol. The summed E-state index contributed by atoms with van der Waals surface area (Å²) in [6.07, 6.45) is 3.37. The lowest BCUT2D eigenvalue weighted by atomic mass is 9.81. The lowest BCUT2D eigenvalue weighted by Crippen LogP contribution is -2.46.